The Morgan fingerprint density at radius 2 is 2.33 bits per heavy atom. The standard InChI is InChI=1S/C11H15NO5S/c13-11(14)10-9(1-3-17-10)6-12-5-8-2-4-18(15,16)7-8/h1,3,8,12H,2,4-7H2,(H,13,14). The van der Waals surface area contributed by atoms with Crippen LogP contribution in [0.4, 0.5) is 0 Å². The van der Waals surface area contributed by atoms with E-state index < -0.39 is 15.8 Å². The Morgan fingerprint density at radius 3 is 2.94 bits per heavy atom. The third kappa shape index (κ3) is 3.11. The largest absolute Gasteiger partial charge is 0.475 e. The second-order valence-electron chi connectivity index (χ2n) is 4.48. The maximum absolute atomic E-state index is 11.3. The van der Waals surface area contributed by atoms with Crippen LogP contribution in [-0.4, -0.2) is 37.5 Å². The summed E-state index contributed by atoms with van der Waals surface area (Å²) in [5.41, 5.74) is 0.573. The highest BCUT2D eigenvalue weighted by Crippen LogP contribution is 2.17. The smallest absolute Gasteiger partial charge is 0.372 e. The van der Waals surface area contributed by atoms with E-state index in [4.69, 9.17) is 9.52 Å². The number of carboxylic acids is 1. The summed E-state index contributed by atoms with van der Waals surface area (Å²) in [7, 11) is -2.85. The lowest BCUT2D eigenvalue weighted by Gasteiger charge is -2.08. The molecule has 0 bridgehead atoms. The van der Waals surface area contributed by atoms with Crippen LogP contribution in [0.25, 0.3) is 0 Å². The summed E-state index contributed by atoms with van der Waals surface area (Å²) in [4.78, 5) is 10.8. The van der Waals surface area contributed by atoms with Crippen LogP contribution < -0.4 is 5.32 Å². The average Bonchev–Trinajstić information content (AvgIpc) is 2.85. The molecule has 1 saturated heterocycles. The van der Waals surface area contributed by atoms with E-state index in [-0.39, 0.29) is 23.2 Å². The minimum atomic E-state index is -2.85. The van der Waals surface area contributed by atoms with E-state index >= 15 is 0 Å². The minimum Gasteiger partial charge on any atom is -0.475 e. The van der Waals surface area contributed by atoms with Crippen LogP contribution in [0.1, 0.15) is 22.5 Å². The van der Waals surface area contributed by atoms with Gasteiger partial charge < -0.3 is 14.8 Å². The van der Waals surface area contributed by atoms with Crippen LogP contribution in [0.15, 0.2) is 16.7 Å². The maximum atomic E-state index is 11.3. The molecule has 100 valence electrons. The van der Waals surface area contributed by atoms with Gasteiger partial charge in [0.05, 0.1) is 17.8 Å². The molecule has 1 unspecified atom stereocenters. The second-order valence-corrected chi connectivity index (χ2v) is 6.71. The third-order valence-corrected chi connectivity index (χ3v) is 4.85. The molecule has 6 nitrogen and oxygen atoms in total. The fourth-order valence-electron chi connectivity index (χ4n) is 2.11. The molecule has 1 aromatic heterocycles. The summed E-state index contributed by atoms with van der Waals surface area (Å²) in [5.74, 6) is -0.570. The molecule has 18 heavy (non-hydrogen) atoms. The van der Waals surface area contributed by atoms with Gasteiger partial charge in [0.15, 0.2) is 9.84 Å². The zero-order valence-corrected chi connectivity index (χ0v) is 10.6. The molecule has 0 spiro atoms. The molecule has 0 aromatic carbocycles. The lowest BCUT2D eigenvalue weighted by Crippen LogP contribution is -2.23. The van der Waals surface area contributed by atoms with Gasteiger partial charge in [-0.05, 0) is 24.9 Å². The number of hydrogen-bond donors (Lipinski definition) is 2. The quantitative estimate of drug-likeness (QED) is 0.811. The first-order chi connectivity index (χ1) is 8.48. The van der Waals surface area contributed by atoms with Crippen molar-refractivity contribution < 1.29 is 22.7 Å². The number of rotatable bonds is 5. The van der Waals surface area contributed by atoms with Crippen LogP contribution in [0, 0.1) is 5.92 Å². The first-order valence-electron chi connectivity index (χ1n) is 5.69. The predicted molar refractivity (Wildman–Crippen MR) is 64.1 cm³/mol. The molecular weight excluding hydrogens is 258 g/mol. The summed E-state index contributed by atoms with van der Waals surface area (Å²) in [6, 6.07) is 1.60. The Labute approximate surface area is 105 Å². The van der Waals surface area contributed by atoms with E-state index in [9.17, 15) is 13.2 Å². The van der Waals surface area contributed by atoms with E-state index in [2.05, 4.69) is 5.32 Å². The molecule has 7 heteroatoms. The Balaban J connectivity index is 1.82. The first-order valence-corrected chi connectivity index (χ1v) is 7.51. The Bertz CT molecular complexity index is 533. The SMILES string of the molecule is O=C(O)c1occc1CNCC1CCS(=O)(=O)C1. The zero-order valence-electron chi connectivity index (χ0n) is 9.76. The first kappa shape index (κ1) is 13.1. The summed E-state index contributed by atoms with van der Waals surface area (Å²) < 4.78 is 27.4. The van der Waals surface area contributed by atoms with Crippen LogP contribution >= 0.6 is 0 Å². The van der Waals surface area contributed by atoms with Crippen LogP contribution in [0.5, 0.6) is 0 Å². The molecular formula is C11H15NO5S. The normalized spacial score (nSPS) is 22.1. The third-order valence-electron chi connectivity index (χ3n) is 3.02. The van der Waals surface area contributed by atoms with Gasteiger partial charge >= 0.3 is 5.97 Å². The molecule has 2 N–H and O–H groups in total. The van der Waals surface area contributed by atoms with Gasteiger partial charge in [0.1, 0.15) is 0 Å². The summed E-state index contributed by atoms with van der Waals surface area (Å²) in [6.45, 7) is 0.943. The van der Waals surface area contributed by atoms with Crippen molar-refractivity contribution in [1.29, 1.82) is 0 Å². The van der Waals surface area contributed by atoms with Gasteiger partial charge in [-0.15, -0.1) is 0 Å². The highest BCUT2D eigenvalue weighted by molar-refractivity contribution is 7.91. The van der Waals surface area contributed by atoms with Crippen LogP contribution in [0.3, 0.4) is 0 Å². The molecule has 0 amide bonds. The molecule has 2 rings (SSSR count). The lowest BCUT2D eigenvalue weighted by atomic mass is 10.1. The number of hydrogen-bond acceptors (Lipinski definition) is 5. The van der Waals surface area contributed by atoms with Gasteiger partial charge in [0.25, 0.3) is 0 Å². The number of nitrogens with one attached hydrogen (secondary N) is 1. The van der Waals surface area contributed by atoms with Crippen molar-refractivity contribution in [3.8, 4) is 0 Å². The molecule has 1 fully saturated rings. The van der Waals surface area contributed by atoms with Crippen molar-refractivity contribution in [3.63, 3.8) is 0 Å². The minimum absolute atomic E-state index is 0.0680. The van der Waals surface area contributed by atoms with E-state index in [1.54, 1.807) is 6.07 Å². The molecule has 1 aromatic rings. The molecule has 0 saturated carbocycles. The van der Waals surface area contributed by atoms with Crippen molar-refractivity contribution in [3.05, 3.63) is 23.7 Å². The number of carbonyl (C=O) groups is 1. The van der Waals surface area contributed by atoms with E-state index in [1.165, 1.54) is 6.26 Å². The Morgan fingerprint density at radius 1 is 1.56 bits per heavy atom. The van der Waals surface area contributed by atoms with E-state index in [0.717, 1.165) is 0 Å². The van der Waals surface area contributed by atoms with Gasteiger partial charge in [-0.25, -0.2) is 13.2 Å². The topological polar surface area (TPSA) is 96.6 Å². The highest BCUT2D eigenvalue weighted by atomic mass is 32.2. The molecule has 0 radical (unpaired) electrons. The Hall–Kier alpha value is -1.34. The lowest BCUT2D eigenvalue weighted by molar-refractivity contribution is 0.0660. The van der Waals surface area contributed by atoms with Gasteiger partial charge in [-0.1, -0.05) is 0 Å². The van der Waals surface area contributed by atoms with Crippen molar-refractivity contribution in [2.24, 2.45) is 5.92 Å². The summed E-state index contributed by atoms with van der Waals surface area (Å²) in [6.07, 6.45) is 2.01. The highest BCUT2D eigenvalue weighted by Gasteiger charge is 2.27. The molecule has 2 heterocycles. The van der Waals surface area contributed by atoms with Gasteiger partial charge in [-0.2, -0.15) is 0 Å². The summed E-state index contributed by atoms with van der Waals surface area (Å²) >= 11 is 0. The van der Waals surface area contributed by atoms with Crippen molar-refractivity contribution in [1.82, 2.24) is 5.32 Å². The maximum Gasteiger partial charge on any atom is 0.372 e. The van der Waals surface area contributed by atoms with Gasteiger partial charge in [0, 0.05) is 12.1 Å². The number of furan rings is 1. The van der Waals surface area contributed by atoms with E-state index in [0.29, 0.717) is 25.1 Å². The fraction of sp³-hybridized carbons (Fsp3) is 0.545. The molecule has 1 atom stereocenters. The second kappa shape index (κ2) is 5.11. The zero-order chi connectivity index (χ0) is 13.2. The molecule has 0 aliphatic carbocycles. The Kier molecular flexibility index (Phi) is 3.72. The monoisotopic (exact) mass is 273 g/mol. The van der Waals surface area contributed by atoms with Crippen molar-refractivity contribution >= 4 is 15.8 Å². The van der Waals surface area contributed by atoms with E-state index in [1.807, 2.05) is 0 Å². The van der Waals surface area contributed by atoms with Gasteiger partial charge in [0.2, 0.25) is 5.76 Å². The average molecular weight is 273 g/mol. The number of carboxylic acid groups (broad SMARTS) is 1. The molecule has 1 aliphatic rings. The molecule has 1 aliphatic heterocycles. The van der Waals surface area contributed by atoms with Crippen LogP contribution in [-0.2, 0) is 16.4 Å². The van der Waals surface area contributed by atoms with Crippen molar-refractivity contribution in [2.45, 2.75) is 13.0 Å². The summed E-state index contributed by atoms with van der Waals surface area (Å²) in [5, 5.41) is 11.9. The fourth-order valence-corrected chi connectivity index (χ4v) is 3.97. The predicted octanol–water partition coefficient (Wildman–Crippen LogP) is 0.502. The number of sulfone groups is 1. The van der Waals surface area contributed by atoms with Crippen molar-refractivity contribution in [2.75, 3.05) is 18.1 Å². The number of aromatic carboxylic acids is 1. The van der Waals surface area contributed by atoms with Crippen LogP contribution in [0.2, 0.25) is 0 Å². The van der Waals surface area contributed by atoms with Gasteiger partial charge in [-0.3, -0.25) is 0 Å².